The summed E-state index contributed by atoms with van der Waals surface area (Å²) >= 11 is 0. The van der Waals surface area contributed by atoms with Crippen LogP contribution in [0.1, 0.15) is 34.6 Å². The van der Waals surface area contributed by atoms with Gasteiger partial charge >= 0.3 is 0 Å². The zero-order valence-corrected chi connectivity index (χ0v) is 12.2. The van der Waals surface area contributed by atoms with Gasteiger partial charge in [0.05, 0.1) is 24.4 Å². The molecule has 5 nitrogen and oxygen atoms in total. The van der Waals surface area contributed by atoms with Gasteiger partial charge in [-0.1, -0.05) is 12.1 Å². The highest BCUT2D eigenvalue weighted by atomic mass is 16.5. The molecule has 0 spiro atoms. The lowest BCUT2D eigenvalue weighted by molar-refractivity contribution is 0.0939. The number of carbonyl (C=O) groups excluding carboxylic acids is 1. The number of amides is 1. The van der Waals surface area contributed by atoms with Gasteiger partial charge in [-0.15, -0.1) is 0 Å². The second kappa shape index (κ2) is 5.77. The van der Waals surface area contributed by atoms with Crippen molar-refractivity contribution in [2.45, 2.75) is 19.9 Å². The molecular weight excluding hydrogens is 254 g/mol. The molecule has 1 unspecified atom stereocenters. The Hall–Kier alpha value is -2.30. The van der Waals surface area contributed by atoms with Gasteiger partial charge in [-0.3, -0.25) is 9.48 Å². The van der Waals surface area contributed by atoms with Crippen molar-refractivity contribution in [3.8, 4) is 5.75 Å². The summed E-state index contributed by atoms with van der Waals surface area (Å²) in [6.45, 7) is 3.78. The molecule has 5 heteroatoms. The SMILES string of the molecule is COc1ccc(C(C)NC(=O)c2cn(C)nc2C)cc1. The molecule has 20 heavy (non-hydrogen) atoms. The predicted molar refractivity (Wildman–Crippen MR) is 76.8 cm³/mol. The van der Waals surface area contributed by atoms with Crippen LogP contribution in [-0.2, 0) is 7.05 Å². The fourth-order valence-electron chi connectivity index (χ4n) is 2.07. The number of hydrogen-bond acceptors (Lipinski definition) is 3. The van der Waals surface area contributed by atoms with Gasteiger partial charge in [0.1, 0.15) is 5.75 Å². The molecule has 0 radical (unpaired) electrons. The monoisotopic (exact) mass is 273 g/mol. The maximum Gasteiger partial charge on any atom is 0.255 e. The Morgan fingerprint density at radius 1 is 1.35 bits per heavy atom. The standard InChI is InChI=1S/C15H19N3O2/c1-10(12-5-7-13(20-4)8-6-12)16-15(19)14-9-18(3)17-11(14)2/h5-10H,1-4H3,(H,16,19). The predicted octanol–water partition coefficient (Wildman–Crippen LogP) is 2.23. The smallest absolute Gasteiger partial charge is 0.255 e. The van der Waals surface area contributed by atoms with E-state index in [0.717, 1.165) is 17.0 Å². The van der Waals surface area contributed by atoms with Crippen molar-refractivity contribution in [3.05, 3.63) is 47.3 Å². The molecule has 106 valence electrons. The second-order valence-corrected chi connectivity index (χ2v) is 4.77. The summed E-state index contributed by atoms with van der Waals surface area (Å²) in [7, 11) is 3.43. The minimum Gasteiger partial charge on any atom is -0.497 e. The van der Waals surface area contributed by atoms with E-state index in [4.69, 9.17) is 4.74 Å². The maximum atomic E-state index is 12.2. The first-order valence-corrected chi connectivity index (χ1v) is 6.46. The first-order chi connectivity index (χ1) is 9.51. The van der Waals surface area contributed by atoms with Crippen LogP contribution in [-0.4, -0.2) is 22.8 Å². The van der Waals surface area contributed by atoms with Crippen molar-refractivity contribution in [2.24, 2.45) is 7.05 Å². The molecule has 1 N–H and O–H groups in total. The minimum absolute atomic E-state index is 0.0759. The Kier molecular flexibility index (Phi) is 4.08. The Morgan fingerprint density at radius 3 is 2.50 bits per heavy atom. The molecule has 1 atom stereocenters. The molecule has 1 amide bonds. The molecule has 1 heterocycles. The number of methoxy groups -OCH3 is 1. The third-order valence-electron chi connectivity index (χ3n) is 3.22. The summed E-state index contributed by atoms with van der Waals surface area (Å²) in [5, 5.41) is 7.15. The Bertz CT molecular complexity index is 602. The average molecular weight is 273 g/mol. The molecule has 2 aromatic rings. The van der Waals surface area contributed by atoms with Gasteiger partial charge in [-0.25, -0.2) is 0 Å². The molecule has 0 aliphatic rings. The Balaban J connectivity index is 2.08. The number of ether oxygens (including phenoxy) is 1. The third-order valence-corrected chi connectivity index (χ3v) is 3.22. The van der Waals surface area contributed by atoms with Crippen molar-refractivity contribution >= 4 is 5.91 Å². The number of nitrogens with zero attached hydrogens (tertiary/aromatic N) is 2. The summed E-state index contributed by atoms with van der Waals surface area (Å²) in [6.07, 6.45) is 1.73. The van der Waals surface area contributed by atoms with Crippen molar-refractivity contribution in [1.82, 2.24) is 15.1 Å². The summed E-state index contributed by atoms with van der Waals surface area (Å²) in [5.74, 6) is 0.689. The quantitative estimate of drug-likeness (QED) is 0.929. The van der Waals surface area contributed by atoms with E-state index >= 15 is 0 Å². The lowest BCUT2D eigenvalue weighted by atomic mass is 10.1. The van der Waals surface area contributed by atoms with E-state index in [1.165, 1.54) is 0 Å². The highest BCUT2D eigenvalue weighted by molar-refractivity contribution is 5.95. The lowest BCUT2D eigenvalue weighted by Crippen LogP contribution is -2.26. The Morgan fingerprint density at radius 2 is 2.00 bits per heavy atom. The summed E-state index contributed by atoms with van der Waals surface area (Å²) < 4.78 is 6.76. The summed E-state index contributed by atoms with van der Waals surface area (Å²) in [5.41, 5.74) is 2.36. The molecule has 0 saturated heterocycles. The molecule has 1 aromatic carbocycles. The van der Waals surface area contributed by atoms with Gasteiger partial charge in [-0.2, -0.15) is 5.10 Å². The molecule has 0 saturated carbocycles. The normalized spacial score (nSPS) is 12.0. The number of carbonyl (C=O) groups is 1. The zero-order chi connectivity index (χ0) is 14.7. The van der Waals surface area contributed by atoms with Crippen LogP contribution in [0.5, 0.6) is 5.75 Å². The van der Waals surface area contributed by atoms with E-state index in [9.17, 15) is 4.79 Å². The van der Waals surface area contributed by atoms with E-state index in [0.29, 0.717) is 5.56 Å². The third kappa shape index (κ3) is 2.99. The van der Waals surface area contributed by atoms with Crippen molar-refractivity contribution in [2.75, 3.05) is 7.11 Å². The van der Waals surface area contributed by atoms with Crippen LogP contribution >= 0.6 is 0 Å². The van der Waals surface area contributed by atoms with Crippen molar-refractivity contribution < 1.29 is 9.53 Å². The molecule has 0 bridgehead atoms. The molecule has 2 rings (SSSR count). The number of benzene rings is 1. The minimum atomic E-state index is -0.112. The fraction of sp³-hybridized carbons (Fsp3) is 0.333. The van der Waals surface area contributed by atoms with Gasteiger partial charge in [0.25, 0.3) is 5.91 Å². The van der Waals surface area contributed by atoms with Crippen LogP contribution in [0.25, 0.3) is 0 Å². The average Bonchev–Trinajstić information content (AvgIpc) is 2.78. The molecular formula is C15H19N3O2. The summed E-state index contributed by atoms with van der Waals surface area (Å²) in [6, 6.07) is 7.58. The van der Waals surface area contributed by atoms with Crippen LogP contribution in [0.3, 0.4) is 0 Å². The molecule has 0 aliphatic heterocycles. The highest BCUT2D eigenvalue weighted by Gasteiger charge is 2.15. The first kappa shape index (κ1) is 14.1. The van der Waals surface area contributed by atoms with Crippen LogP contribution in [0.15, 0.2) is 30.5 Å². The van der Waals surface area contributed by atoms with Gasteiger partial charge in [0, 0.05) is 13.2 Å². The number of hydrogen-bond donors (Lipinski definition) is 1. The van der Waals surface area contributed by atoms with E-state index in [1.54, 1.807) is 25.0 Å². The lowest BCUT2D eigenvalue weighted by Gasteiger charge is -2.14. The maximum absolute atomic E-state index is 12.2. The van der Waals surface area contributed by atoms with Crippen molar-refractivity contribution in [1.29, 1.82) is 0 Å². The van der Waals surface area contributed by atoms with E-state index < -0.39 is 0 Å². The largest absolute Gasteiger partial charge is 0.497 e. The topological polar surface area (TPSA) is 56.1 Å². The number of aryl methyl sites for hydroxylation is 2. The van der Waals surface area contributed by atoms with Gasteiger partial charge in [-0.05, 0) is 31.5 Å². The molecule has 0 aliphatic carbocycles. The number of aromatic nitrogens is 2. The van der Waals surface area contributed by atoms with Crippen LogP contribution in [0.4, 0.5) is 0 Å². The Labute approximate surface area is 118 Å². The molecule has 0 fully saturated rings. The highest BCUT2D eigenvalue weighted by Crippen LogP contribution is 2.18. The molecule has 1 aromatic heterocycles. The van der Waals surface area contributed by atoms with E-state index in [2.05, 4.69) is 10.4 Å². The van der Waals surface area contributed by atoms with Gasteiger partial charge in [0.15, 0.2) is 0 Å². The van der Waals surface area contributed by atoms with Crippen LogP contribution < -0.4 is 10.1 Å². The van der Waals surface area contributed by atoms with Crippen LogP contribution in [0.2, 0.25) is 0 Å². The van der Waals surface area contributed by atoms with Crippen molar-refractivity contribution in [3.63, 3.8) is 0 Å². The van der Waals surface area contributed by atoms with Gasteiger partial charge < -0.3 is 10.1 Å². The number of nitrogens with one attached hydrogen (secondary N) is 1. The first-order valence-electron chi connectivity index (χ1n) is 6.46. The zero-order valence-electron chi connectivity index (χ0n) is 12.2. The van der Waals surface area contributed by atoms with E-state index in [-0.39, 0.29) is 11.9 Å². The fourth-order valence-corrected chi connectivity index (χ4v) is 2.07. The summed E-state index contributed by atoms with van der Waals surface area (Å²) in [4.78, 5) is 12.2. The number of rotatable bonds is 4. The van der Waals surface area contributed by atoms with Gasteiger partial charge in [0.2, 0.25) is 0 Å². The van der Waals surface area contributed by atoms with Crippen LogP contribution in [0, 0.1) is 6.92 Å². The second-order valence-electron chi connectivity index (χ2n) is 4.77. The van der Waals surface area contributed by atoms with E-state index in [1.807, 2.05) is 38.1 Å².